The van der Waals surface area contributed by atoms with E-state index in [4.69, 9.17) is 13.6 Å². The minimum absolute atomic E-state index is 0.366. The Labute approximate surface area is 33.1 Å². The van der Waals surface area contributed by atoms with Crippen LogP contribution in [0, 0.1) is 0 Å². The maximum atomic E-state index is 4.96. The SMILES string of the molecule is [B]C(N)NC. The fourth-order valence-electron chi connectivity index (χ4n) is 0. The highest BCUT2D eigenvalue weighted by atomic mass is 15.0. The van der Waals surface area contributed by atoms with Gasteiger partial charge in [-0.2, -0.15) is 0 Å². The van der Waals surface area contributed by atoms with E-state index in [1.54, 1.807) is 7.05 Å². The monoisotopic (exact) mass is 70.1 g/mol. The Bertz CT molecular complexity index is 21.6. The summed E-state index contributed by atoms with van der Waals surface area (Å²) in [4.78, 5) is 0. The van der Waals surface area contributed by atoms with Crippen LogP contribution >= 0.6 is 0 Å². The molecule has 0 amide bonds. The molecule has 3 N–H and O–H groups in total. The molecule has 28 valence electrons. The van der Waals surface area contributed by atoms with Gasteiger partial charge in [-0.05, 0) is 7.05 Å². The molecular formula is C2H7BN2. The highest BCUT2D eigenvalue weighted by Gasteiger charge is 1.76. The Balaban J connectivity index is 2.54. The zero-order valence-electron chi connectivity index (χ0n) is 3.23. The molecule has 0 aliphatic rings. The van der Waals surface area contributed by atoms with Crippen LogP contribution in [0.5, 0.6) is 0 Å². The molecule has 0 spiro atoms. The second-order valence-electron chi connectivity index (χ2n) is 0.814. The smallest absolute Gasteiger partial charge is 0.112 e. The van der Waals surface area contributed by atoms with Gasteiger partial charge in [0.1, 0.15) is 7.85 Å². The van der Waals surface area contributed by atoms with Crippen molar-refractivity contribution in [1.29, 1.82) is 0 Å². The number of hydrogen-bond donors (Lipinski definition) is 2. The molecule has 0 aliphatic heterocycles. The van der Waals surface area contributed by atoms with E-state index < -0.39 is 0 Å². The summed E-state index contributed by atoms with van der Waals surface area (Å²) in [6.45, 7) is 0. The molecule has 0 saturated heterocycles. The van der Waals surface area contributed by atoms with Gasteiger partial charge in [-0.3, -0.25) is 0 Å². The molecule has 0 bridgehead atoms. The molecule has 3 heteroatoms. The third-order valence-electron chi connectivity index (χ3n) is 0.333. The standard InChI is InChI=1S/C2H7BN2/c1-5-2(3)4/h2,5H,4H2,1H3. The van der Waals surface area contributed by atoms with Crippen molar-refractivity contribution < 1.29 is 0 Å². The van der Waals surface area contributed by atoms with E-state index in [-0.39, 0.29) is 6.07 Å². The summed E-state index contributed by atoms with van der Waals surface area (Å²) >= 11 is 0. The number of hydrogen-bond acceptors (Lipinski definition) is 2. The summed E-state index contributed by atoms with van der Waals surface area (Å²) in [5.41, 5.74) is 4.96. The molecule has 1 atom stereocenters. The lowest BCUT2D eigenvalue weighted by atomic mass is 10.1. The predicted molar refractivity (Wildman–Crippen MR) is 22.8 cm³/mol. The van der Waals surface area contributed by atoms with Gasteiger partial charge in [-0.1, -0.05) is 0 Å². The van der Waals surface area contributed by atoms with Crippen molar-refractivity contribution in [2.75, 3.05) is 7.05 Å². The average Bonchev–Trinajstić information content (AvgIpc) is 1.38. The van der Waals surface area contributed by atoms with Gasteiger partial charge in [-0.15, -0.1) is 0 Å². The first-order valence-electron chi connectivity index (χ1n) is 1.46. The highest BCUT2D eigenvalue weighted by Crippen LogP contribution is 1.42. The first kappa shape index (κ1) is 4.98. The van der Waals surface area contributed by atoms with Crippen LogP contribution in [-0.2, 0) is 0 Å². The van der Waals surface area contributed by atoms with Crippen molar-refractivity contribution in [3.8, 4) is 0 Å². The first-order chi connectivity index (χ1) is 2.27. The molecule has 0 aromatic rings. The molecule has 0 rings (SSSR count). The maximum absolute atomic E-state index is 4.96. The van der Waals surface area contributed by atoms with E-state index in [1.807, 2.05) is 0 Å². The molecule has 5 heavy (non-hydrogen) atoms. The lowest BCUT2D eigenvalue weighted by Gasteiger charge is -1.96. The Morgan fingerprint density at radius 1 is 2.00 bits per heavy atom. The predicted octanol–water partition coefficient (Wildman–Crippen LogP) is -1.38. The lowest BCUT2D eigenvalue weighted by molar-refractivity contribution is 0.763. The first-order valence-corrected chi connectivity index (χ1v) is 1.46. The van der Waals surface area contributed by atoms with E-state index in [0.29, 0.717) is 0 Å². The third kappa shape index (κ3) is 3.98. The summed E-state index contributed by atoms with van der Waals surface area (Å²) in [6.07, 6.45) is 0. The molecule has 0 fully saturated rings. The van der Waals surface area contributed by atoms with E-state index in [1.165, 1.54) is 0 Å². The lowest BCUT2D eigenvalue weighted by Crippen LogP contribution is -2.34. The van der Waals surface area contributed by atoms with Crippen molar-refractivity contribution >= 4 is 7.85 Å². The minimum Gasteiger partial charge on any atom is -0.324 e. The minimum atomic E-state index is -0.366. The van der Waals surface area contributed by atoms with Crippen molar-refractivity contribution in [2.45, 2.75) is 6.07 Å². The normalized spacial score (nSPS) is 14.8. The van der Waals surface area contributed by atoms with E-state index >= 15 is 0 Å². The highest BCUT2D eigenvalue weighted by molar-refractivity contribution is 6.11. The quantitative estimate of drug-likeness (QED) is 0.294. The van der Waals surface area contributed by atoms with Crippen LogP contribution in [0.25, 0.3) is 0 Å². The Hall–Kier alpha value is -0.0151. The van der Waals surface area contributed by atoms with Crippen LogP contribution in [0.4, 0.5) is 0 Å². The second-order valence-corrected chi connectivity index (χ2v) is 0.814. The summed E-state index contributed by atoms with van der Waals surface area (Å²) in [6, 6.07) is -0.366. The zero-order valence-corrected chi connectivity index (χ0v) is 3.23. The van der Waals surface area contributed by atoms with Crippen LogP contribution in [0.3, 0.4) is 0 Å². The van der Waals surface area contributed by atoms with E-state index in [9.17, 15) is 0 Å². The molecule has 0 aliphatic carbocycles. The Morgan fingerprint density at radius 2 is 2.20 bits per heavy atom. The molecule has 0 aromatic heterocycles. The van der Waals surface area contributed by atoms with Crippen molar-refractivity contribution in [3.05, 3.63) is 0 Å². The maximum Gasteiger partial charge on any atom is 0.112 e. The van der Waals surface area contributed by atoms with E-state index in [2.05, 4.69) is 5.32 Å². The van der Waals surface area contributed by atoms with Crippen LogP contribution in [0.15, 0.2) is 0 Å². The van der Waals surface area contributed by atoms with Gasteiger partial charge in [0, 0.05) is 6.07 Å². The van der Waals surface area contributed by atoms with Crippen molar-refractivity contribution in [2.24, 2.45) is 5.73 Å². The van der Waals surface area contributed by atoms with Crippen LogP contribution in [0.1, 0.15) is 0 Å². The molecule has 1 unspecified atom stereocenters. The van der Waals surface area contributed by atoms with Gasteiger partial charge in [0.05, 0.1) is 0 Å². The molecular weight excluding hydrogens is 62.8 g/mol. The number of nitrogens with two attached hydrogens (primary N) is 1. The van der Waals surface area contributed by atoms with Crippen LogP contribution < -0.4 is 11.1 Å². The molecule has 2 radical (unpaired) electrons. The van der Waals surface area contributed by atoms with Gasteiger partial charge in [-0.25, -0.2) is 0 Å². The zero-order chi connectivity index (χ0) is 4.28. The molecule has 0 heterocycles. The van der Waals surface area contributed by atoms with Gasteiger partial charge in [0.2, 0.25) is 0 Å². The van der Waals surface area contributed by atoms with E-state index in [0.717, 1.165) is 0 Å². The average molecular weight is 69.9 g/mol. The van der Waals surface area contributed by atoms with Crippen LogP contribution in [-0.4, -0.2) is 21.0 Å². The van der Waals surface area contributed by atoms with Gasteiger partial charge < -0.3 is 11.1 Å². The summed E-state index contributed by atoms with van der Waals surface area (Å²) in [5, 5.41) is 2.58. The van der Waals surface area contributed by atoms with Crippen molar-refractivity contribution in [1.82, 2.24) is 5.32 Å². The Kier molecular flexibility index (Phi) is 2.23. The molecule has 0 aromatic carbocycles. The third-order valence-corrected chi connectivity index (χ3v) is 0.333. The molecule has 0 saturated carbocycles. The summed E-state index contributed by atoms with van der Waals surface area (Å²) < 4.78 is 0. The van der Waals surface area contributed by atoms with Gasteiger partial charge in [0.15, 0.2) is 0 Å². The largest absolute Gasteiger partial charge is 0.324 e. The summed E-state index contributed by atoms with van der Waals surface area (Å²) in [7, 11) is 6.66. The molecule has 2 nitrogen and oxygen atoms in total. The second kappa shape index (κ2) is 2.24. The number of rotatable bonds is 1. The van der Waals surface area contributed by atoms with Gasteiger partial charge >= 0.3 is 0 Å². The summed E-state index contributed by atoms with van der Waals surface area (Å²) in [5.74, 6) is 0. The Morgan fingerprint density at radius 3 is 2.20 bits per heavy atom. The number of nitrogens with one attached hydrogen (secondary N) is 1. The fraction of sp³-hybridized carbons (Fsp3) is 1.00. The van der Waals surface area contributed by atoms with Gasteiger partial charge in [0.25, 0.3) is 0 Å². The topological polar surface area (TPSA) is 38.0 Å². The van der Waals surface area contributed by atoms with Crippen LogP contribution in [0.2, 0.25) is 0 Å². The van der Waals surface area contributed by atoms with Crippen molar-refractivity contribution in [3.63, 3.8) is 0 Å². The fourth-order valence-corrected chi connectivity index (χ4v) is 0.